The van der Waals surface area contributed by atoms with Gasteiger partial charge in [0.05, 0.1) is 0 Å². The van der Waals surface area contributed by atoms with Crippen molar-refractivity contribution in [2.45, 2.75) is 82.1 Å². The van der Waals surface area contributed by atoms with E-state index in [1.807, 2.05) is 0 Å². The maximum absolute atomic E-state index is 13.1. The minimum Gasteiger partial charge on any atom is -0.285 e. The number of hydrogen-bond acceptors (Lipinski definition) is 4. The molecule has 1 saturated carbocycles. The molecule has 1 N–H and O–H groups in total. The van der Waals surface area contributed by atoms with Crippen molar-refractivity contribution in [2.24, 2.45) is 5.41 Å². The summed E-state index contributed by atoms with van der Waals surface area (Å²) in [6, 6.07) is 0. The molecule has 8 heteroatoms. The molecule has 1 aliphatic carbocycles. The van der Waals surface area contributed by atoms with Crippen molar-refractivity contribution in [3.05, 3.63) is 0 Å². The van der Waals surface area contributed by atoms with Crippen LogP contribution in [0.2, 0.25) is 0 Å². The third-order valence-corrected chi connectivity index (χ3v) is 11.6. The second kappa shape index (κ2) is 6.21. The van der Waals surface area contributed by atoms with Gasteiger partial charge in [-0.3, -0.25) is 4.55 Å². The molecule has 2 rings (SSSR count). The highest BCUT2D eigenvalue weighted by Crippen LogP contribution is 2.46. The van der Waals surface area contributed by atoms with E-state index >= 15 is 0 Å². The van der Waals surface area contributed by atoms with Crippen LogP contribution in [0.15, 0.2) is 0 Å². The number of nitrogens with zero attached hydrogens (tertiary/aromatic N) is 1. The Balaban J connectivity index is 2.22. The lowest BCUT2D eigenvalue weighted by Gasteiger charge is -2.47. The molecule has 0 aromatic heterocycles. The van der Waals surface area contributed by atoms with Crippen LogP contribution in [0.5, 0.6) is 0 Å². The van der Waals surface area contributed by atoms with E-state index in [1.54, 1.807) is 0 Å². The molecule has 0 amide bonds. The van der Waals surface area contributed by atoms with Gasteiger partial charge in [0.1, 0.15) is 9.49 Å². The Morgan fingerprint density at radius 2 is 1.25 bits per heavy atom. The zero-order valence-corrected chi connectivity index (χ0v) is 16.8. The van der Waals surface area contributed by atoms with E-state index in [0.29, 0.717) is 13.1 Å². The molecule has 0 radical (unpaired) electrons. The predicted octanol–water partition coefficient (Wildman–Crippen LogP) is 2.81. The van der Waals surface area contributed by atoms with Crippen molar-refractivity contribution in [1.29, 1.82) is 0 Å². The summed E-state index contributed by atoms with van der Waals surface area (Å²) in [6.07, 6.45) is 7.71. The zero-order chi connectivity index (χ0) is 18.4. The highest BCUT2D eigenvalue weighted by Gasteiger charge is 2.57. The molecule has 6 nitrogen and oxygen atoms in total. The first-order chi connectivity index (χ1) is 10.8. The summed E-state index contributed by atoms with van der Waals surface area (Å²) < 4.78 is 57.3. The molecule has 0 atom stereocenters. The van der Waals surface area contributed by atoms with Crippen molar-refractivity contribution in [2.75, 3.05) is 13.1 Å². The third kappa shape index (κ3) is 3.15. The second-order valence-corrected chi connectivity index (χ2v) is 12.9. The monoisotopic (exact) mass is 381 g/mol. The van der Waals surface area contributed by atoms with E-state index in [0.717, 1.165) is 12.8 Å². The Labute approximate surface area is 146 Å². The molecule has 2 fully saturated rings. The minimum atomic E-state index is -4.51. The molecular formula is C16H31NO5S2. The molecule has 1 spiro atoms. The summed E-state index contributed by atoms with van der Waals surface area (Å²) in [4.78, 5) is 0. The number of piperidine rings is 1. The maximum Gasteiger partial charge on any atom is 0.271 e. The molecule has 0 aromatic carbocycles. The van der Waals surface area contributed by atoms with E-state index in [1.165, 1.54) is 64.1 Å². The first-order valence-electron chi connectivity index (χ1n) is 8.74. The van der Waals surface area contributed by atoms with Gasteiger partial charge in [-0.15, -0.1) is 0 Å². The summed E-state index contributed by atoms with van der Waals surface area (Å²) in [7, 11) is -8.38. The maximum atomic E-state index is 13.1. The molecule has 24 heavy (non-hydrogen) atoms. The van der Waals surface area contributed by atoms with Gasteiger partial charge >= 0.3 is 0 Å². The van der Waals surface area contributed by atoms with Gasteiger partial charge in [0.25, 0.3) is 10.1 Å². The molecule has 1 heterocycles. The fraction of sp³-hybridized carbons (Fsp3) is 1.00. The molecule has 0 aromatic rings. The number of rotatable bonds is 4. The number of sulfonamides is 1. The lowest BCUT2D eigenvalue weighted by atomic mass is 9.68. The van der Waals surface area contributed by atoms with Gasteiger partial charge in [0.15, 0.2) is 0 Å². The minimum absolute atomic E-state index is 0.271. The SMILES string of the molecule is CC(C)(C(C)(C)S(=O)(=O)N1CCC2(CCCCC2)CC1)S(=O)(=O)O. The van der Waals surface area contributed by atoms with Crippen molar-refractivity contribution in [1.82, 2.24) is 4.31 Å². The van der Waals surface area contributed by atoms with E-state index < -0.39 is 29.6 Å². The van der Waals surface area contributed by atoms with Gasteiger partial charge in [0, 0.05) is 13.1 Å². The highest BCUT2D eigenvalue weighted by molar-refractivity contribution is 7.93. The Hall–Kier alpha value is -0.180. The van der Waals surface area contributed by atoms with Crippen LogP contribution in [0.4, 0.5) is 0 Å². The van der Waals surface area contributed by atoms with Crippen LogP contribution in [0.25, 0.3) is 0 Å². The summed E-state index contributed by atoms with van der Waals surface area (Å²) in [5, 5.41) is 0. The lowest BCUT2D eigenvalue weighted by molar-refractivity contribution is 0.101. The van der Waals surface area contributed by atoms with Gasteiger partial charge in [-0.05, 0) is 58.8 Å². The zero-order valence-electron chi connectivity index (χ0n) is 15.2. The van der Waals surface area contributed by atoms with Crippen LogP contribution in [0.3, 0.4) is 0 Å². The molecule has 2 aliphatic rings. The summed E-state index contributed by atoms with van der Waals surface area (Å²) in [5.74, 6) is 0. The van der Waals surface area contributed by atoms with Crippen LogP contribution < -0.4 is 0 Å². The normalized spacial score (nSPS) is 24.2. The van der Waals surface area contributed by atoms with Crippen LogP contribution in [-0.4, -0.2) is 48.3 Å². The van der Waals surface area contributed by atoms with Gasteiger partial charge in [-0.2, -0.15) is 8.42 Å². The van der Waals surface area contributed by atoms with Crippen LogP contribution in [0.1, 0.15) is 72.6 Å². The Morgan fingerprint density at radius 1 is 0.792 bits per heavy atom. The van der Waals surface area contributed by atoms with Crippen LogP contribution in [0, 0.1) is 5.41 Å². The standard InChI is InChI=1S/C16H31NO5S2/c1-14(2,15(3,4)24(20,21)22)23(18,19)17-12-10-16(11-13-17)8-6-5-7-9-16/h5-13H2,1-4H3,(H,20,21,22). The first kappa shape index (κ1) is 20.1. The average Bonchev–Trinajstić information content (AvgIpc) is 2.47. The van der Waals surface area contributed by atoms with Crippen LogP contribution in [-0.2, 0) is 20.1 Å². The quantitative estimate of drug-likeness (QED) is 0.756. The van der Waals surface area contributed by atoms with Crippen molar-refractivity contribution >= 4 is 20.1 Å². The fourth-order valence-corrected chi connectivity index (χ4v) is 7.13. The topological polar surface area (TPSA) is 91.8 Å². The summed E-state index contributed by atoms with van der Waals surface area (Å²) >= 11 is 0. The van der Waals surface area contributed by atoms with E-state index in [4.69, 9.17) is 0 Å². The summed E-state index contributed by atoms with van der Waals surface area (Å²) in [6.45, 7) is 6.20. The molecule has 0 bridgehead atoms. The first-order valence-corrected chi connectivity index (χ1v) is 11.6. The largest absolute Gasteiger partial charge is 0.285 e. The molecule has 1 aliphatic heterocycles. The molecular weight excluding hydrogens is 350 g/mol. The predicted molar refractivity (Wildman–Crippen MR) is 95.0 cm³/mol. The van der Waals surface area contributed by atoms with E-state index in [-0.39, 0.29) is 5.41 Å². The second-order valence-electron chi connectivity index (χ2n) is 8.46. The summed E-state index contributed by atoms with van der Waals surface area (Å²) in [5.41, 5.74) is 0.271. The third-order valence-electron chi connectivity index (χ3n) is 6.78. The smallest absolute Gasteiger partial charge is 0.271 e. The fourth-order valence-electron chi connectivity index (χ4n) is 3.95. The Kier molecular flexibility index (Phi) is 5.21. The van der Waals surface area contributed by atoms with E-state index in [2.05, 4.69) is 0 Å². The molecule has 0 unspecified atom stereocenters. The van der Waals surface area contributed by atoms with Crippen LogP contribution >= 0.6 is 0 Å². The van der Waals surface area contributed by atoms with Gasteiger partial charge in [0.2, 0.25) is 10.0 Å². The molecule has 1 saturated heterocycles. The van der Waals surface area contributed by atoms with E-state index in [9.17, 15) is 21.4 Å². The van der Waals surface area contributed by atoms with Gasteiger partial charge < -0.3 is 0 Å². The van der Waals surface area contributed by atoms with Crippen molar-refractivity contribution in [3.63, 3.8) is 0 Å². The highest BCUT2D eigenvalue weighted by atomic mass is 32.2. The number of hydrogen-bond donors (Lipinski definition) is 1. The Morgan fingerprint density at radius 3 is 1.67 bits per heavy atom. The van der Waals surface area contributed by atoms with Crippen molar-refractivity contribution < 1.29 is 21.4 Å². The lowest BCUT2D eigenvalue weighted by Crippen LogP contribution is -2.61. The van der Waals surface area contributed by atoms with Gasteiger partial charge in [-0.1, -0.05) is 19.3 Å². The van der Waals surface area contributed by atoms with Gasteiger partial charge in [-0.25, -0.2) is 12.7 Å². The average molecular weight is 382 g/mol. The van der Waals surface area contributed by atoms with Crippen molar-refractivity contribution in [3.8, 4) is 0 Å². The molecule has 142 valence electrons. The Bertz CT molecular complexity index is 663.